The average molecular weight is 319 g/mol. The van der Waals surface area contributed by atoms with Crippen molar-refractivity contribution in [2.45, 2.75) is 0 Å². The lowest BCUT2D eigenvalue weighted by Crippen LogP contribution is -2.02. The van der Waals surface area contributed by atoms with Crippen LogP contribution in [0.2, 0.25) is 0 Å². The molecule has 4 aromatic rings. The molecular weight excluding hydrogens is 306 g/mol. The van der Waals surface area contributed by atoms with E-state index < -0.39 is 0 Å². The van der Waals surface area contributed by atoms with Gasteiger partial charge in [-0.05, 0) is 39.7 Å². The van der Waals surface area contributed by atoms with Crippen molar-refractivity contribution in [3.63, 3.8) is 0 Å². The van der Waals surface area contributed by atoms with Crippen LogP contribution in [0, 0.1) is 0 Å². The zero-order valence-electron chi connectivity index (χ0n) is 11.7. The summed E-state index contributed by atoms with van der Waals surface area (Å²) in [5.74, 6) is 0. The molecule has 0 heterocycles. The molecule has 0 aliphatic heterocycles. The van der Waals surface area contributed by atoms with Crippen LogP contribution >= 0.6 is 24.8 Å². The van der Waals surface area contributed by atoms with E-state index >= 15 is 0 Å². The van der Waals surface area contributed by atoms with Crippen molar-refractivity contribution in [3.05, 3.63) is 66.7 Å². The first kappa shape index (κ1) is 13.6. The Kier molecular flexibility index (Phi) is 3.25. The Morgan fingerprint density at radius 1 is 0.727 bits per heavy atom. The van der Waals surface area contributed by atoms with Gasteiger partial charge in [-0.3, -0.25) is 0 Å². The van der Waals surface area contributed by atoms with E-state index in [2.05, 4.69) is 78.6 Å². The summed E-state index contributed by atoms with van der Waals surface area (Å²) in [7, 11) is 0. The third-order valence-corrected chi connectivity index (χ3v) is 4.17. The fraction of sp³-hybridized carbons (Fsp3) is 0. The van der Waals surface area contributed by atoms with Crippen LogP contribution < -0.4 is 5.32 Å². The summed E-state index contributed by atoms with van der Waals surface area (Å²) in [4.78, 5) is 0. The van der Waals surface area contributed by atoms with Crippen LogP contribution in [0.15, 0.2) is 66.7 Å². The minimum Gasteiger partial charge on any atom is -0.340 e. The van der Waals surface area contributed by atoms with Crippen molar-refractivity contribution >= 4 is 67.2 Å². The molecule has 0 amide bonds. The molecule has 4 aromatic carbocycles. The van der Waals surface area contributed by atoms with Gasteiger partial charge in [0.2, 0.25) is 0 Å². The molecule has 0 atom stereocenters. The normalized spacial score (nSPS) is 11.1. The maximum absolute atomic E-state index is 5.15. The van der Waals surface area contributed by atoms with Crippen LogP contribution in [0.25, 0.3) is 32.3 Å². The molecule has 0 spiro atoms. The molecular formula is C19H13NS2. The Morgan fingerprint density at radius 2 is 1.32 bits per heavy atom. The van der Waals surface area contributed by atoms with E-state index in [4.69, 9.17) is 12.2 Å². The van der Waals surface area contributed by atoms with E-state index in [1.165, 1.54) is 21.5 Å². The van der Waals surface area contributed by atoms with Gasteiger partial charge in [0.1, 0.15) is 4.32 Å². The molecule has 1 N–H and O–H groups in total. The Morgan fingerprint density at radius 3 is 2.05 bits per heavy atom. The number of anilines is 1. The second kappa shape index (κ2) is 5.27. The molecule has 0 saturated carbocycles. The number of thiol groups is 1. The van der Waals surface area contributed by atoms with Crippen molar-refractivity contribution in [2.24, 2.45) is 0 Å². The molecule has 0 aliphatic rings. The summed E-state index contributed by atoms with van der Waals surface area (Å²) in [6.45, 7) is 0. The number of hydrogen-bond acceptors (Lipinski definition) is 1. The van der Waals surface area contributed by atoms with Gasteiger partial charge in [-0.2, -0.15) is 0 Å². The lowest BCUT2D eigenvalue weighted by atomic mass is 9.98. The summed E-state index contributed by atoms with van der Waals surface area (Å²) in [5.41, 5.74) is 1.03. The first-order valence-corrected chi connectivity index (χ1v) is 7.92. The first-order valence-electron chi connectivity index (χ1n) is 7.06. The van der Waals surface area contributed by atoms with E-state index in [-0.39, 0.29) is 0 Å². The van der Waals surface area contributed by atoms with Crippen LogP contribution in [-0.2, 0) is 0 Å². The fourth-order valence-electron chi connectivity index (χ4n) is 3.00. The third-order valence-electron chi connectivity index (χ3n) is 3.96. The van der Waals surface area contributed by atoms with Crippen LogP contribution in [-0.4, -0.2) is 4.32 Å². The van der Waals surface area contributed by atoms with E-state index in [1.54, 1.807) is 0 Å². The van der Waals surface area contributed by atoms with Gasteiger partial charge >= 0.3 is 0 Å². The minimum atomic E-state index is 0.478. The van der Waals surface area contributed by atoms with E-state index in [1.807, 2.05) is 6.07 Å². The fourth-order valence-corrected chi connectivity index (χ4v) is 3.21. The average Bonchev–Trinajstić information content (AvgIpc) is 2.52. The van der Waals surface area contributed by atoms with E-state index in [0.29, 0.717) is 4.32 Å². The van der Waals surface area contributed by atoms with E-state index in [0.717, 1.165) is 16.5 Å². The lowest BCUT2D eigenvalue weighted by Gasteiger charge is -2.13. The van der Waals surface area contributed by atoms with Gasteiger partial charge in [-0.25, -0.2) is 0 Å². The predicted octanol–water partition coefficient (Wildman–Crippen LogP) is 5.77. The summed E-state index contributed by atoms with van der Waals surface area (Å²) in [6.07, 6.45) is 0. The molecule has 0 radical (unpaired) electrons. The lowest BCUT2D eigenvalue weighted by molar-refractivity contribution is 1.75. The highest BCUT2D eigenvalue weighted by Gasteiger charge is 2.09. The minimum absolute atomic E-state index is 0.478. The molecule has 0 saturated heterocycles. The van der Waals surface area contributed by atoms with Crippen molar-refractivity contribution in [1.29, 1.82) is 0 Å². The van der Waals surface area contributed by atoms with Crippen LogP contribution in [0.3, 0.4) is 0 Å². The van der Waals surface area contributed by atoms with E-state index in [9.17, 15) is 0 Å². The second-order valence-corrected chi connectivity index (χ2v) is 6.48. The molecule has 4 rings (SSSR count). The zero-order valence-corrected chi connectivity index (χ0v) is 13.4. The number of benzene rings is 4. The third kappa shape index (κ3) is 2.23. The largest absolute Gasteiger partial charge is 0.340 e. The summed E-state index contributed by atoms with van der Waals surface area (Å²) in [5, 5.41) is 10.4. The number of hydrogen-bond donors (Lipinski definition) is 2. The van der Waals surface area contributed by atoms with Gasteiger partial charge in [0.25, 0.3) is 0 Å². The maximum atomic E-state index is 5.15. The van der Waals surface area contributed by atoms with Crippen LogP contribution in [0.4, 0.5) is 5.69 Å². The maximum Gasteiger partial charge on any atom is 0.135 e. The summed E-state index contributed by atoms with van der Waals surface area (Å²) in [6, 6.07) is 23.4. The molecule has 0 aliphatic carbocycles. The molecule has 0 fully saturated rings. The Labute approximate surface area is 139 Å². The van der Waals surface area contributed by atoms with Gasteiger partial charge < -0.3 is 5.32 Å². The standard InChI is InChI=1S/C19H13NS2/c21-19(22)20-18-16-8-4-3-7-14(16)10-15-9-12-5-1-2-6-13(12)11-17(15)18/h1-11H,(H2,20,21,22). The van der Waals surface area contributed by atoms with Gasteiger partial charge in [0, 0.05) is 10.8 Å². The smallest absolute Gasteiger partial charge is 0.135 e. The van der Waals surface area contributed by atoms with Gasteiger partial charge in [0.15, 0.2) is 0 Å². The molecule has 22 heavy (non-hydrogen) atoms. The number of fused-ring (bicyclic) bond motifs is 3. The SMILES string of the molecule is S=C(S)Nc1c2ccccc2cc2cc3ccccc3cc12. The van der Waals surface area contributed by atoms with Crippen molar-refractivity contribution < 1.29 is 0 Å². The van der Waals surface area contributed by atoms with Crippen molar-refractivity contribution in [1.82, 2.24) is 0 Å². The Hall–Kier alpha value is -2.10. The zero-order chi connectivity index (χ0) is 15.1. The summed E-state index contributed by atoms with van der Waals surface area (Å²) < 4.78 is 0.478. The highest BCUT2D eigenvalue weighted by Crippen LogP contribution is 2.35. The van der Waals surface area contributed by atoms with Crippen LogP contribution in [0.1, 0.15) is 0 Å². The van der Waals surface area contributed by atoms with Gasteiger partial charge in [-0.1, -0.05) is 60.7 Å². The Bertz CT molecular complexity index is 1030. The monoisotopic (exact) mass is 319 g/mol. The second-order valence-electron chi connectivity index (χ2n) is 5.32. The highest BCUT2D eigenvalue weighted by molar-refractivity contribution is 8.11. The number of thiocarbonyl (C=S) groups is 1. The molecule has 0 aromatic heterocycles. The number of rotatable bonds is 1. The van der Waals surface area contributed by atoms with Crippen molar-refractivity contribution in [3.8, 4) is 0 Å². The van der Waals surface area contributed by atoms with Gasteiger partial charge in [0.05, 0.1) is 5.69 Å². The van der Waals surface area contributed by atoms with Crippen molar-refractivity contribution in [2.75, 3.05) is 5.32 Å². The first-order chi connectivity index (χ1) is 10.7. The quantitative estimate of drug-likeness (QED) is 0.262. The molecule has 1 nitrogen and oxygen atoms in total. The molecule has 3 heteroatoms. The van der Waals surface area contributed by atoms with Gasteiger partial charge in [-0.15, -0.1) is 12.6 Å². The predicted molar refractivity (Wildman–Crippen MR) is 104 cm³/mol. The highest BCUT2D eigenvalue weighted by atomic mass is 32.1. The topological polar surface area (TPSA) is 12.0 Å². The van der Waals surface area contributed by atoms with Crippen LogP contribution in [0.5, 0.6) is 0 Å². The molecule has 106 valence electrons. The number of nitrogens with one attached hydrogen (secondary N) is 1. The Balaban J connectivity index is 2.19. The molecule has 0 bridgehead atoms. The summed E-state index contributed by atoms with van der Waals surface area (Å²) >= 11 is 9.41. The molecule has 0 unspecified atom stereocenters.